The Kier molecular flexibility index (Phi) is 6.34. The first kappa shape index (κ1) is 11.9. The summed E-state index contributed by atoms with van der Waals surface area (Å²) in [6, 6.07) is 0.560. The van der Waals surface area contributed by atoms with Crippen LogP contribution in [0.5, 0.6) is 0 Å². The van der Waals surface area contributed by atoms with Gasteiger partial charge in [-0.1, -0.05) is 0 Å². The second kappa shape index (κ2) is 6.40. The summed E-state index contributed by atoms with van der Waals surface area (Å²) >= 11 is 0. The van der Waals surface area contributed by atoms with E-state index in [0.717, 1.165) is 19.9 Å². The van der Waals surface area contributed by atoms with E-state index in [1.54, 1.807) is 0 Å². The first-order valence-electron chi connectivity index (χ1n) is 4.46. The maximum atomic E-state index is 5.45. The lowest BCUT2D eigenvalue weighted by molar-refractivity contribution is 0.0221. The second-order valence-corrected chi connectivity index (χ2v) is 3.69. The molecule has 0 aromatic heterocycles. The normalized spacial score (nSPS) is 12.0. The molecule has 0 rings (SSSR count). The lowest BCUT2D eigenvalue weighted by Crippen LogP contribution is -2.30. The molecule has 12 heavy (non-hydrogen) atoms. The van der Waals surface area contributed by atoms with Crippen molar-refractivity contribution in [2.24, 2.45) is 0 Å². The van der Waals surface area contributed by atoms with Crippen LogP contribution >= 0.6 is 0 Å². The molecule has 0 saturated heterocycles. The standard InChI is InChI=1S/C9H22N2O/c1-9(2)11(5)8-12-7-6-10(3)4/h9H,6-8H2,1-5H3. The number of likely N-dealkylation sites (N-methyl/N-ethyl adjacent to an activating group) is 1. The molecule has 0 N–H and O–H groups in total. The van der Waals surface area contributed by atoms with E-state index in [1.807, 2.05) is 0 Å². The van der Waals surface area contributed by atoms with Gasteiger partial charge in [-0.05, 0) is 35.0 Å². The van der Waals surface area contributed by atoms with Crippen molar-refractivity contribution in [3.8, 4) is 0 Å². The molecule has 0 aliphatic carbocycles. The molecule has 0 aromatic rings. The van der Waals surface area contributed by atoms with Crippen LogP contribution in [0, 0.1) is 0 Å². The molecule has 0 aliphatic rings. The van der Waals surface area contributed by atoms with Crippen molar-refractivity contribution in [2.45, 2.75) is 19.9 Å². The van der Waals surface area contributed by atoms with Crippen LogP contribution in [0.15, 0.2) is 0 Å². The topological polar surface area (TPSA) is 15.7 Å². The third-order valence-electron chi connectivity index (χ3n) is 1.86. The zero-order valence-corrected chi connectivity index (χ0v) is 9.00. The number of hydrogen-bond acceptors (Lipinski definition) is 3. The number of hydrogen-bond donors (Lipinski definition) is 0. The maximum absolute atomic E-state index is 5.45. The Balaban J connectivity index is 3.20. The largest absolute Gasteiger partial charge is 0.365 e. The van der Waals surface area contributed by atoms with Gasteiger partial charge in [0, 0.05) is 12.6 Å². The summed E-state index contributed by atoms with van der Waals surface area (Å²) in [7, 11) is 6.17. The molecule has 0 radical (unpaired) electrons. The number of rotatable bonds is 6. The smallest absolute Gasteiger partial charge is 0.0990 e. The minimum atomic E-state index is 0.560. The van der Waals surface area contributed by atoms with Crippen LogP contribution in [0.1, 0.15) is 13.8 Å². The molecule has 0 bridgehead atoms. The molecule has 0 atom stereocenters. The van der Waals surface area contributed by atoms with Crippen molar-refractivity contribution in [1.82, 2.24) is 9.80 Å². The zero-order chi connectivity index (χ0) is 9.56. The predicted molar refractivity (Wildman–Crippen MR) is 52.3 cm³/mol. The highest BCUT2D eigenvalue weighted by Crippen LogP contribution is 1.92. The van der Waals surface area contributed by atoms with Crippen LogP contribution in [0.4, 0.5) is 0 Å². The van der Waals surface area contributed by atoms with Crippen LogP contribution in [-0.4, -0.2) is 56.9 Å². The van der Waals surface area contributed by atoms with Gasteiger partial charge in [0.1, 0.15) is 0 Å². The summed E-state index contributed by atoms with van der Waals surface area (Å²) in [4.78, 5) is 4.30. The maximum Gasteiger partial charge on any atom is 0.0990 e. The average Bonchev–Trinajstić information content (AvgIpc) is 1.97. The van der Waals surface area contributed by atoms with Gasteiger partial charge in [0.15, 0.2) is 0 Å². The fraction of sp³-hybridized carbons (Fsp3) is 1.00. The van der Waals surface area contributed by atoms with Gasteiger partial charge in [0.05, 0.1) is 13.3 Å². The molecular weight excluding hydrogens is 152 g/mol. The zero-order valence-electron chi connectivity index (χ0n) is 9.00. The van der Waals surface area contributed by atoms with Crippen LogP contribution in [-0.2, 0) is 4.74 Å². The van der Waals surface area contributed by atoms with Crippen molar-refractivity contribution >= 4 is 0 Å². The highest BCUT2D eigenvalue weighted by molar-refractivity contribution is 4.50. The van der Waals surface area contributed by atoms with E-state index >= 15 is 0 Å². The minimum Gasteiger partial charge on any atom is -0.365 e. The molecule has 0 amide bonds. The Morgan fingerprint density at radius 2 is 1.75 bits per heavy atom. The first-order valence-corrected chi connectivity index (χ1v) is 4.46. The Labute approximate surface area is 76.3 Å². The summed E-state index contributed by atoms with van der Waals surface area (Å²) in [5, 5.41) is 0. The van der Waals surface area contributed by atoms with Gasteiger partial charge in [-0.25, -0.2) is 0 Å². The lowest BCUT2D eigenvalue weighted by Gasteiger charge is -2.21. The van der Waals surface area contributed by atoms with Crippen molar-refractivity contribution in [1.29, 1.82) is 0 Å². The van der Waals surface area contributed by atoms with Gasteiger partial charge in [-0.15, -0.1) is 0 Å². The van der Waals surface area contributed by atoms with E-state index in [4.69, 9.17) is 4.74 Å². The number of nitrogens with zero attached hydrogens (tertiary/aromatic N) is 2. The summed E-state index contributed by atoms with van der Waals surface area (Å²) in [6.45, 7) is 6.85. The van der Waals surface area contributed by atoms with E-state index < -0.39 is 0 Å². The molecule has 0 spiro atoms. The monoisotopic (exact) mass is 174 g/mol. The molecule has 0 aromatic carbocycles. The summed E-state index contributed by atoms with van der Waals surface area (Å²) in [6.07, 6.45) is 0. The summed E-state index contributed by atoms with van der Waals surface area (Å²) < 4.78 is 5.45. The molecular formula is C9H22N2O. The van der Waals surface area contributed by atoms with Crippen molar-refractivity contribution in [2.75, 3.05) is 41.0 Å². The van der Waals surface area contributed by atoms with E-state index in [9.17, 15) is 0 Å². The fourth-order valence-electron chi connectivity index (χ4n) is 0.605. The Morgan fingerprint density at radius 1 is 1.17 bits per heavy atom. The van der Waals surface area contributed by atoms with Crippen molar-refractivity contribution in [3.63, 3.8) is 0 Å². The third-order valence-corrected chi connectivity index (χ3v) is 1.86. The van der Waals surface area contributed by atoms with Gasteiger partial charge in [0.25, 0.3) is 0 Å². The minimum absolute atomic E-state index is 0.560. The quantitative estimate of drug-likeness (QED) is 0.439. The van der Waals surface area contributed by atoms with Crippen LogP contribution < -0.4 is 0 Å². The molecule has 3 heteroatoms. The third kappa shape index (κ3) is 6.58. The van der Waals surface area contributed by atoms with E-state index in [1.165, 1.54) is 0 Å². The van der Waals surface area contributed by atoms with Crippen LogP contribution in [0.2, 0.25) is 0 Å². The molecule has 3 nitrogen and oxygen atoms in total. The van der Waals surface area contributed by atoms with Crippen LogP contribution in [0.25, 0.3) is 0 Å². The SMILES string of the molecule is CC(C)N(C)COCCN(C)C. The predicted octanol–water partition coefficient (Wildman–Crippen LogP) is 0.862. The molecule has 0 fully saturated rings. The molecule has 0 saturated carbocycles. The van der Waals surface area contributed by atoms with Gasteiger partial charge in [0.2, 0.25) is 0 Å². The fourth-order valence-corrected chi connectivity index (χ4v) is 0.605. The van der Waals surface area contributed by atoms with E-state index in [2.05, 4.69) is 44.8 Å². The van der Waals surface area contributed by atoms with Crippen molar-refractivity contribution in [3.05, 3.63) is 0 Å². The molecule has 0 aliphatic heterocycles. The van der Waals surface area contributed by atoms with Gasteiger partial charge in [-0.3, -0.25) is 4.90 Å². The Morgan fingerprint density at radius 3 is 2.17 bits per heavy atom. The number of ether oxygens (including phenoxy) is 1. The second-order valence-electron chi connectivity index (χ2n) is 3.69. The molecule has 0 unspecified atom stereocenters. The van der Waals surface area contributed by atoms with Crippen molar-refractivity contribution < 1.29 is 4.74 Å². The Bertz CT molecular complexity index is 105. The molecule has 74 valence electrons. The van der Waals surface area contributed by atoms with Crippen LogP contribution in [0.3, 0.4) is 0 Å². The van der Waals surface area contributed by atoms with E-state index in [0.29, 0.717) is 6.04 Å². The van der Waals surface area contributed by atoms with Gasteiger partial charge < -0.3 is 9.64 Å². The van der Waals surface area contributed by atoms with E-state index in [-0.39, 0.29) is 0 Å². The van der Waals surface area contributed by atoms with Gasteiger partial charge in [-0.2, -0.15) is 0 Å². The highest BCUT2D eigenvalue weighted by Gasteiger charge is 2.01. The Hall–Kier alpha value is -0.120. The lowest BCUT2D eigenvalue weighted by atomic mass is 10.4. The summed E-state index contributed by atoms with van der Waals surface area (Å²) in [5.74, 6) is 0. The molecule has 0 heterocycles. The first-order chi connectivity index (χ1) is 5.54. The average molecular weight is 174 g/mol. The summed E-state index contributed by atoms with van der Waals surface area (Å²) in [5.41, 5.74) is 0. The van der Waals surface area contributed by atoms with Gasteiger partial charge >= 0.3 is 0 Å². The highest BCUT2D eigenvalue weighted by atomic mass is 16.5.